The zero-order valence-electron chi connectivity index (χ0n) is 13.3. The predicted octanol–water partition coefficient (Wildman–Crippen LogP) is 3.69. The average molecular weight is 283 g/mol. The molecule has 1 aromatic carbocycles. The monoisotopic (exact) mass is 283 g/mol. The SMILES string of the molecule is COc1ccc(C(C)NC(C)CC(C)(C)OC)cc1F. The second-order valence-electron chi connectivity index (χ2n) is 5.85. The quantitative estimate of drug-likeness (QED) is 0.828. The van der Waals surface area contributed by atoms with E-state index >= 15 is 0 Å². The molecule has 114 valence electrons. The number of methoxy groups -OCH3 is 2. The van der Waals surface area contributed by atoms with Gasteiger partial charge in [-0.2, -0.15) is 0 Å². The van der Waals surface area contributed by atoms with E-state index in [0.717, 1.165) is 12.0 Å². The van der Waals surface area contributed by atoms with E-state index in [-0.39, 0.29) is 29.3 Å². The van der Waals surface area contributed by atoms with Gasteiger partial charge >= 0.3 is 0 Å². The van der Waals surface area contributed by atoms with Crippen LogP contribution in [-0.2, 0) is 4.74 Å². The van der Waals surface area contributed by atoms with Gasteiger partial charge in [0.1, 0.15) is 0 Å². The zero-order chi connectivity index (χ0) is 15.3. The maximum Gasteiger partial charge on any atom is 0.165 e. The van der Waals surface area contributed by atoms with Gasteiger partial charge < -0.3 is 14.8 Å². The van der Waals surface area contributed by atoms with Gasteiger partial charge in [-0.3, -0.25) is 0 Å². The molecule has 1 aromatic rings. The van der Waals surface area contributed by atoms with Crippen molar-refractivity contribution in [2.75, 3.05) is 14.2 Å². The number of benzene rings is 1. The summed E-state index contributed by atoms with van der Waals surface area (Å²) in [4.78, 5) is 0. The second-order valence-corrected chi connectivity index (χ2v) is 5.85. The lowest BCUT2D eigenvalue weighted by molar-refractivity contribution is 0.00782. The molecule has 1 N–H and O–H groups in total. The van der Waals surface area contributed by atoms with Crippen LogP contribution in [-0.4, -0.2) is 25.9 Å². The van der Waals surface area contributed by atoms with Crippen molar-refractivity contribution in [3.05, 3.63) is 29.6 Å². The van der Waals surface area contributed by atoms with Gasteiger partial charge in [-0.05, 0) is 51.8 Å². The Labute approximate surface area is 121 Å². The summed E-state index contributed by atoms with van der Waals surface area (Å²) in [5.41, 5.74) is 0.738. The molecular formula is C16H26FNO2. The molecule has 4 heteroatoms. The van der Waals surface area contributed by atoms with Crippen LogP contribution in [0.3, 0.4) is 0 Å². The van der Waals surface area contributed by atoms with E-state index in [1.807, 2.05) is 13.0 Å². The van der Waals surface area contributed by atoms with Crippen molar-refractivity contribution in [3.63, 3.8) is 0 Å². The molecule has 0 bridgehead atoms. The molecule has 2 atom stereocenters. The molecule has 0 amide bonds. The Morgan fingerprint density at radius 2 is 1.90 bits per heavy atom. The van der Waals surface area contributed by atoms with Crippen LogP contribution in [0.15, 0.2) is 18.2 Å². The van der Waals surface area contributed by atoms with E-state index in [4.69, 9.17) is 9.47 Å². The summed E-state index contributed by atoms with van der Waals surface area (Å²) < 4.78 is 24.1. The molecule has 0 saturated carbocycles. The Bertz CT molecular complexity index is 434. The van der Waals surface area contributed by atoms with Crippen LogP contribution in [0.1, 0.15) is 45.7 Å². The van der Waals surface area contributed by atoms with Crippen LogP contribution in [0.4, 0.5) is 4.39 Å². The van der Waals surface area contributed by atoms with Crippen molar-refractivity contribution in [1.82, 2.24) is 5.32 Å². The molecule has 0 radical (unpaired) electrons. The van der Waals surface area contributed by atoms with E-state index in [1.54, 1.807) is 13.2 Å². The van der Waals surface area contributed by atoms with Crippen molar-refractivity contribution in [1.29, 1.82) is 0 Å². The minimum absolute atomic E-state index is 0.0677. The van der Waals surface area contributed by atoms with Gasteiger partial charge in [-0.25, -0.2) is 4.39 Å². The van der Waals surface area contributed by atoms with Crippen molar-refractivity contribution in [2.24, 2.45) is 0 Å². The molecule has 0 fully saturated rings. The van der Waals surface area contributed by atoms with Gasteiger partial charge in [-0.15, -0.1) is 0 Å². The standard InChI is InChI=1S/C16H26FNO2/c1-11(10-16(3,4)20-6)18-12(2)13-7-8-15(19-5)14(17)9-13/h7-9,11-12,18H,10H2,1-6H3. The third-order valence-electron chi connectivity index (χ3n) is 3.56. The largest absolute Gasteiger partial charge is 0.494 e. The average Bonchev–Trinajstić information content (AvgIpc) is 2.37. The van der Waals surface area contributed by atoms with Crippen molar-refractivity contribution >= 4 is 0 Å². The summed E-state index contributed by atoms with van der Waals surface area (Å²) in [5.74, 6) is -0.0574. The molecule has 0 saturated heterocycles. The highest BCUT2D eigenvalue weighted by atomic mass is 19.1. The third kappa shape index (κ3) is 4.76. The first kappa shape index (κ1) is 16.9. The molecule has 0 aliphatic heterocycles. The number of hydrogen-bond donors (Lipinski definition) is 1. The van der Waals surface area contributed by atoms with Crippen molar-refractivity contribution in [3.8, 4) is 5.75 Å². The molecule has 3 nitrogen and oxygen atoms in total. The number of rotatable bonds is 7. The van der Waals surface area contributed by atoms with Gasteiger partial charge in [0.05, 0.1) is 12.7 Å². The number of nitrogens with one attached hydrogen (secondary N) is 1. The Morgan fingerprint density at radius 3 is 2.40 bits per heavy atom. The summed E-state index contributed by atoms with van der Waals surface area (Å²) in [7, 11) is 3.18. The summed E-state index contributed by atoms with van der Waals surface area (Å²) >= 11 is 0. The van der Waals surface area contributed by atoms with E-state index in [1.165, 1.54) is 13.2 Å². The first-order valence-corrected chi connectivity index (χ1v) is 6.93. The fourth-order valence-electron chi connectivity index (χ4n) is 2.35. The summed E-state index contributed by atoms with van der Waals surface area (Å²) in [6.45, 7) is 8.25. The summed E-state index contributed by atoms with van der Waals surface area (Å²) in [5, 5.41) is 3.46. The third-order valence-corrected chi connectivity index (χ3v) is 3.56. The highest BCUT2D eigenvalue weighted by molar-refractivity contribution is 5.30. The Hall–Kier alpha value is -1.13. The molecule has 1 rings (SSSR count). The van der Waals surface area contributed by atoms with Crippen LogP contribution < -0.4 is 10.1 Å². The van der Waals surface area contributed by atoms with E-state index in [9.17, 15) is 4.39 Å². The molecule has 20 heavy (non-hydrogen) atoms. The smallest absolute Gasteiger partial charge is 0.165 e. The maximum atomic E-state index is 13.7. The minimum Gasteiger partial charge on any atom is -0.494 e. The first-order chi connectivity index (χ1) is 9.29. The van der Waals surface area contributed by atoms with Gasteiger partial charge in [0, 0.05) is 19.2 Å². The molecular weight excluding hydrogens is 257 g/mol. The maximum absolute atomic E-state index is 13.7. The zero-order valence-corrected chi connectivity index (χ0v) is 13.3. The van der Waals surface area contributed by atoms with Crippen LogP contribution in [0.5, 0.6) is 5.75 Å². The summed E-state index contributed by atoms with van der Waals surface area (Å²) in [6, 6.07) is 5.40. The lowest BCUT2D eigenvalue weighted by Gasteiger charge is -2.29. The number of hydrogen-bond acceptors (Lipinski definition) is 3. The first-order valence-electron chi connectivity index (χ1n) is 6.93. The van der Waals surface area contributed by atoms with Gasteiger partial charge in [0.2, 0.25) is 0 Å². The number of ether oxygens (including phenoxy) is 2. The molecule has 2 unspecified atom stereocenters. The molecule has 0 heterocycles. The highest BCUT2D eigenvalue weighted by Gasteiger charge is 2.21. The Morgan fingerprint density at radius 1 is 1.25 bits per heavy atom. The fraction of sp³-hybridized carbons (Fsp3) is 0.625. The van der Waals surface area contributed by atoms with E-state index in [2.05, 4.69) is 26.1 Å². The lowest BCUT2D eigenvalue weighted by Crippen LogP contribution is -2.36. The normalized spacial score (nSPS) is 14.9. The molecule has 0 aliphatic carbocycles. The van der Waals surface area contributed by atoms with E-state index < -0.39 is 0 Å². The fourth-order valence-corrected chi connectivity index (χ4v) is 2.35. The Balaban J connectivity index is 2.66. The number of halogens is 1. The summed E-state index contributed by atoms with van der Waals surface area (Å²) in [6.07, 6.45) is 0.881. The predicted molar refractivity (Wildman–Crippen MR) is 79.7 cm³/mol. The van der Waals surface area contributed by atoms with Gasteiger partial charge in [0.15, 0.2) is 11.6 Å². The van der Waals surface area contributed by atoms with Crippen LogP contribution in [0.25, 0.3) is 0 Å². The lowest BCUT2D eigenvalue weighted by atomic mass is 9.98. The van der Waals surface area contributed by atoms with E-state index in [0.29, 0.717) is 0 Å². The highest BCUT2D eigenvalue weighted by Crippen LogP contribution is 2.23. The van der Waals surface area contributed by atoms with Gasteiger partial charge in [-0.1, -0.05) is 6.07 Å². The van der Waals surface area contributed by atoms with Crippen LogP contribution >= 0.6 is 0 Å². The van der Waals surface area contributed by atoms with Gasteiger partial charge in [0.25, 0.3) is 0 Å². The van der Waals surface area contributed by atoms with Crippen molar-refractivity contribution < 1.29 is 13.9 Å². The molecule has 0 aromatic heterocycles. The van der Waals surface area contributed by atoms with Crippen molar-refractivity contribution in [2.45, 2.75) is 51.8 Å². The molecule has 0 spiro atoms. The minimum atomic E-state index is -0.330. The van der Waals surface area contributed by atoms with Crippen LogP contribution in [0.2, 0.25) is 0 Å². The van der Waals surface area contributed by atoms with Crippen LogP contribution in [0, 0.1) is 5.82 Å². The molecule has 0 aliphatic rings. The second kappa shape index (κ2) is 7.04. The topological polar surface area (TPSA) is 30.5 Å². The Kier molecular flexibility index (Phi) is 5.96.